The number of hydrogen-bond donors (Lipinski definition) is 1. The number of methoxy groups -OCH3 is 1. The van der Waals surface area contributed by atoms with Crippen molar-refractivity contribution in [3.8, 4) is 0 Å². The maximum Gasteiger partial charge on any atom is 0.0872 e. The second-order valence-electron chi connectivity index (χ2n) is 4.79. The highest BCUT2D eigenvalue weighted by atomic mass is 35.5. The molecule has 0 heterocycles. The van der Waals surface area contributed by atoms with Gasteiger partial charge in [0.15, 0.2) is 0 Å². The van der Waals surface area contributed by atoms with Gasteiger partial charge in [0, 0.05) is 7.11 Å². The number of benzene rings is 1. The van der Waals surface area contributed by atoms with E-state index in [2.05, 4.69) is 12.2 Å². The number of ether oxygens (including phenoxy) is 1. The van der Waals surface area contributed by atoms with Crippen LogP contribution in [0.2, 0.25) is 10.0 Å². The third-order valence-corrected chi connectivity index (χ3v) is 4.56. The van der Waals surface area contributed by atoms with Crippen molar-refractivity contribution in [3.63, 3.8) is 0 Å². The van der Waals surface area contributed by atoms with Crippen LogP contribution in [0.25, 0.3) is 0 Å². The molecule has 0 amide bonds. The average Bonchev–Trinajstić information content (AvgIpc) is 2.31. The molecule has 0 spiro atoms. The molecule has 1 aliphatic carbocycles. The van der Waals surface area contributed by atoms with Crippen LogP contribution in [0.5, 0.6) is 0 Å². The van der Waals surface area contributed by atoms with Crippen LogP contribution in [0.4, 0.5) is 0 Å². The van der Waals surface area contributed by atoms with Crippen LogP contribution < -0.4 is 5.32 Å². The van der Waals surface area contributed by atoms with Crippen LogP contribution in [0.3, 0.4) is 0 Å². The van der Waals surface area contributed by atoms with Gasteiger partial charge in [-0.2, -0.15) is 0 Å². The largest absolute Gasteiger partial charge is 0.376 e. The lowest BCUT2D eigenvalue weighted by Gasteiger charge is -2.47. The van der Waals surface area contributed by atoms with Crippen LogP contribution in [0.15, 0.2) is 18.2 Å². The van der Waals surface area contributed by atoms with Crippen molar-refractivity contribution in [1.29, 1.82) is 0 Å². The van der Waals surface area contributed by atoms with Crippen molar-refractivity contribution >= 4 is 23.2 Å². The fraction of sp³-hybridized carbons (Fsp3) is 0.571. The molecule has 1 fully saturated rings. The van der Waals surface area contributed by atoms with Crippen molar-refractivity contribution in [1.82, 2.24) is 5.32 Å². The molecule has 0 saturated heterocycles. The summed E-state index contributed by atoms with van der Waals surface area (Å²) in [4.78, 5) is 0. The molecule has 100 valence electrons. The number of halogens is 2. The number of likely N-dealkylation sites (N-methyl/N-ethyl adjacent to an activating group) is 1. The van der Waals surface area contributed by atoms with Crippen molar-refractivity contribution in [2.45, 2.75) is 37.8 Å². The van der Waals surface area contributed by atoms with Gasteiger partial charge in [0.1, 0.15) is 0 Å². The van der Waals surface area contributed by atoms with Crippen LogP contribution in [0, 0.1) is 0 Å². The lowest BCUT2D eigenvalue weighted by atomic mass is 9.72. The van der Waals surface area contributed by atoms with Crippen molar-refractivity contribution in [2.24, 2.45) is 0 Å². The predicted octanol–water partition coefficient (Wildman–Crippen LogP) is 4.21. The Kier molecular flexibility index (Phi) is 4.54. The smallest absolute Gasteiger partial charge is 0.0872 e. The zero-order valence-corrected chi connectivity index (χ0v) is 12.3. The van der Waals surface area contributed by atoms with Gasteiger partial charge in [0.2, 0.25) is 0 Å². The number of hydrogen-bond acceptors (Lipinski definition) is 2. The normalized spacial score (nSPS) is 19.3. The molecule has 1 atom stereocenters. The zero-order chi connectivity index (χ0) is 13.2. The summed E-state index contributed by atoms with van der Waals surface area (Å²) in [5.74, 6) is 0. The highest BCUT2D eigenvalue weighted by molar-refractivity contribution is 6.42. The van der Waals surface area contributed by atoms with E-state index in [1.807, 2.05) is 18.2 Å². The van der Waals surface area contributed by atoms with Crippen molar-refractivity contribution in [2.75, 3.05) is 13.7 Å². The topological polar surface area (TPSA) is 21.3 Å². The summed E-state index contributed by atoms with van der Waals surface area (Å²) in [5.41, 5.74) is 1.06. The first-order valence-corrected chi connectivity index (χ1v) is 7.12. The minimum Gasteiger partial charge on any atom is -0.376 e. The van der Waals surface area contributed by atoms with Gasteiger partial charge in [-0.1, -0.05) is 36.2 Å². The monoisotopic (exact) mass is 287 g/mol. The molecule has 2 rings (SSSR count). The van der Waals surface area contributed by atoms with Crippen LogP contribution >= 0.6 is 23.2 Å². The zero-order valence-electron chi connectivity index (χ0n) is 10.8. The first kappa shape index (κ1) is 14.1. The Morgan fingerprint density at radius 1 is 1.33 bits per heavy atom. The van der Waals surface area contributed by atoms with E-state index in [-0.39, 0.29) is 11.6 Å². The number of rotatable bonds is 5. The molecule has 0 radical (unpaired) electrons. The van der Waals surface area contributed by atoms with Gasteiger partial charge >= 0.3 is 0 Å². The minimum atomic E-state index is -0.0901. The fourth-order valence-corrected chi connectivity index (χ4v) is 2.95. The van der Waals surface area contributed by atoms with E-state index in [0.717, 1.165) is 24.9 Å². The molecule has 4 heteroatoms. The predicted molar refractivity (Wildman–Crippen MR) is 76.5 cm³/mol. The molecule has 1 saturated carbocycles. The van der Waals surface area contributed by atoms with E-state index < -0.39 is 0 Å². The van der Waals surface area contributed by atoms with Crippen LogP contribution in [0.1, 0.15) is 37.8 Å². The molecule has 1 unspecified atom stereocenters. The Hall–Kier alpha value is -0.280. The molecule has 1 N–H and O–H groups in total. The summed E-state index contributed by atoms with van der Waals surface area (Å²) in [7, 11) is 1.79. The van der Waals surface area contributed by atoms with Gasteiger partial charge in [-0.3, -0.25) is 0 Å². The Labute approximate surface area is 119 Å². The van der Waals surface area contributed by atoms with E-state index in [0.29, 0.717) is 10.0 Å². The fourth-order valence-electron chi connectivity index (χ4n) is 2.64. The second-order valence-corrected chi connectivity index (χ2v) is 5.60. The van der Waals surface area contributed by atoms with E-state index in [9.17, 15) is 0 Å². The van der Waals surface area contributed by atoms with Crippen LogP contribution in [-0.2, 0) is 4.74 Å². The molecule has 1 aliphatic rings. The minimum absolute atomic E-state index is 0.0901. The van der Waals surface area contributed by atoms with Crippen LogP contribution in [-0.4, -0.2) is 19.3 Å². The molecule has 2 nitrogen and oxygen atoms in total. The van der Waals surface area contributed by atoms with Gasteiger partial charge in [-0.15, -0.1) is 0 Å². The summed E-state index contributed by atoms with van der Waals surface area (Å²) in [6.07, 6.45) is 3.39. The highest BCUT2D eigenvalue weighted by Crippen LogP contribution is 2.45. The molecular formula is C14H19Cl2NO. The average molecular weight is 288 g/mol. The summed E-state index contributed by atoms with van der Waals surface area (Å²) in [6.45, 7) is 3.00. The van der Waals surface area contributed by atoms with Crippen molar-refractivity contribution < 1.29 is 4.74 Å². The Morgan fingerprint density at radius 2 is 2.06 bits per heavy atom. The number of nitrogens with one attached hydrogen (secondary N) is 1. The molecule has 1 aromatic rings. The van der Waals surface area contributed by atoms with E-state index in [1.54, 1.807) is 7.11 Å². The maximum atomic E-state index is 6.11. The molecule has 0 bridgehead atoms. The van der Waals surface area contributed by atoms with E-state index >= 15 is 0 Å². The maximum absolute atomic E-state index is 6.11. The first-order valence-electron chi connectivity index (χ1n) is 6.36. The van der Waals surface area contributed by atoms with Crippen molar-refractivity contribution in [3.05, 3.63) is 33.8 Å². The molecule has 1 aromatic carbocycles. The van der Waals surface area contributed by atoms with Gasteiger partial charge in [-0.25, -0.2) is 0 Å². The lowest BCUT2D eigenvalue weighted by Crippen LogP contribution is -2.50. The summed E-state index contributed by atoms with van der Waals surface area (Å²) in [5, 5.41) is 4.71. The third-order valence-electron chi connectivity index (χ3n) is 3.82. The molecule has 18 heavy (non-hydrogen) atoms. The standard InChI is InChI=1S/C14H19Cl2NO/c1-3-17-13(14(18-2)7-4-8-14)10-5-6-11(15)12(16)9-10/h5-6,9,13,17H,3-4,7-8H2,1-2H3. The second kappa shape index (κ2) is 5.79. The SMILES string of the molecule is CCNC(c1ccc(Cl)c(Cl)c1)C1(OC)CCC1. The Balaban J connectivity index is 2.31. The van der Waals surface area contributed by atoms with Gasteiger partial charge in [0.25, 0.3) is 0 Å². The Morgan fingerprint density at radius 3 is 2.50 bits per heavy atom. The third kappa shape index (κ3) is 2.53. The van der Waals surface area contributed by atoms with Gasteiger partial charge in [0.05, 0.1) is 21.7 Å². The summed E-state index contributed by atoms with van der Waals surface area (Å²) >= 11 is 12.1. The highest BCUT2D eigenvalue weighted by Gasteiger charge is 2.44. The van der Waals surface area contributed by atoms with Gasteiger partial charge in [-0.05, 0) is 43.5 Å². The summed E-state index contributed by atoms with van der Waals surface area (Å²) < 4.78 is 5.77. The van der Waals surface area contributed by atoms with E-state index in [1.165, 1.54) is 6.42 Å². The molecule has 0 aliphatic heterocycles. The van der Waals surface area contributed by atoms with Gasteiger partial charge < -0.3 is 10.1 Å². The Bertz CT molecular complexity index is 413. The molecular weight excluding hydrogens is 269 g/mol. The first-order chi connectivity index (χ1) is 8.63. The quantitative estimate of drug-likeness (QED) is 0.876. The lowest BCUT2D eigenvalue weighted by molar-refractivity contribution is -0.0995. The summed E-state index contributed by atoms with van der Waals surface area (Å²) in [6, 6.07) is 6.00. The molecule has 0 aromatic heterocycles. The van der Waals surface area contributed by atoms with E-state index in [4.69, 9.17) is 27.9 Å².